The molecule has 1 aromatic rings. The Morgan fingerprint density at radius 2 is 2.27 bits per heavy atom. The van der Waals surface area contributed by atoms with E-state index in [1.54, 1.807) is 6.07 Å². The monoisotopic (exact) mass is 273 g/mol. The van der Waals surface area contributed by atoms with Crippen molar-refractivity contribution in [2.24, 2.45) is 0 Å². The van der Waals surface area contributed by atoms with Crippen molar-refractivity contribution in [3.05, 3.63) is 17.0 Å². The number of aliphatic hydroxyl groups is 1. The standard InChI is InChI=1S/C10H16BrN3O/c1-3-4-10(2,15)6-12-9-5-8(11)13-7-14-9/h5,7,15H,3-4,6H2,1-2H3,(H,12,13,14). The number of rotatable bonds is 5. The van der Waals surface area contributed by atoms with Gasteiger partial charge in [0.15, 0.2) is 0 Å². The summed E-state index contributed by atoms with van der Waals surface area (Å²) in [6, 6.07) is 1.78. The van der Waals surface area contributed by atoms with Crippen LogP contribution in [0.1, 0.15) is 26.7 Å². The lowest BCUT2D eigenvalue weighted by Gasteiger charge is -2.23. The molecule has 1 aromatic heterocycles. The van der Waals surface area contributed by atoms with E-state index in [0.717, 1.165) is 17.4 Å². The molecular formula is C10H16BrN3O. The van der Waals surface area contributed by atoms with E-state index in [1.165, 1.54) is 6.33 Å². The summed E-state index contributed by atoms with van der Waals surface area (Å²) in [6.45, 7) is 4.36. The van der Waals surface area contributed by atoms with Crippen LogP contribution in [-0.2, 0) is 0 Å². The lowest BCUT2D eigenvalue weighted by atomic mass is 10.0. The first kappa shape index (κ1) is 12.4. The smallest absolute Gasteiger partial charge is 0.130 e. The Morgan fingerprint density at radius 1 is 1.53 bits per heavy atom. The molecule has 1 rings (SSSR count). The number of hydrogen-bond donors (Lipinski definition) is 2. The van der Waals surface area contributed by atoms with E-state index >= 15 is 0 Å². The number of hydrogen-bond acceptors (Lipinski definition) is 4. The fourth-order valence-corrected chi connectivity index (χ4v) is 1.65. The fraction of sp³-hybridized carbons (Fsp3) is 0.600. The number of halogens is 1. The summed E-state index contributed by atoms with van der Waals surface area (Å²) >= 11 is 3.26. The molecule has 0 saturated heterocycles. The molecule has 0 amide bonds. The van der Waals surface area contributed by atoms with Gasteiger partial charge in [0.25, 0.3) is 0 Å². The van der Waals surface area contributed by atoms with Crippen molar-refractivity contribution in [1.29, 1.82) is 0 Å². The van der Waals surface area contributed by atoms with Crippen LogP contribution in [-0.4, -0.2) is 27.2 Å². The van der Waals surface area contributed by atoms with Gasteiger partial charge in [-0.2, -0.15) is 0 Å². The maximum Gasteiger partial charge on any atom is 0.130 e. The molecule has 0 saturated carbocycles. The van der Waals surface area contributed by atoms with Crippen LogP contribution in [0, 0.1) is 0 Å². The first-order chi connectivity index (χ1) is 7.03. The second-order valence-electron chi connectivity index (χ2n) is 3.83. The van der Waals surface area contributed by atoms with Crippen LogP contribution in [0.25, 0.3) is 0 Å². The minimum Gasteiger partial charge on any atom is -0.388 e. The third-order valence-corrected chi connectivity index (χ3v) is 2.51. The average molecular weight is 274 g/mol. The van der Waals surface area contributed by atoms with Gasteiger partial charge in [0, 0.05) is 12.6 Å². The number of anilines is 1. The minimum absolute atomic E-state index is 0.490. The molecule has 0 fully saturated rings. The molecule has 2 N–H and O–H groups in total. The van der Waals surface area contributed by atoms with Gasteiger partial charge in [-0.3, -0.25) is 0 Å². The van der Waals surface area contributed by atoms with Gasteiger partial charge in [0.2, 0.25) is 0 Å². The van der Waals surface area contributed by atoms with Gasteiger partial charge in [-0.15, -0.1) is 0 Å². The van der Waals surface area contributed by atoms with Crippen molar-refractivity contribution in [3.8, 4) is 0 Å². The molecule has 84 valence electrons. The van der Waals surface area contributed by atoms with E-state index in [0.29, 0.717) is 12.4 Å². The molecule has 4 nitrogen and oxygen atoms in total. The number of aromatic nitrogens is 2. The number of nitrogens with zero attached hydrogens (tertiary/aromatic N) is 2. The first-order valence-corrected chi connectivity index (χ1v) is 5.76. The maximum absolute atomic E-state index is 9.93. The molecule has 1 atom stereocenters. The Morgan fingerprint density at radius 3 is 2.87 bits per heavy atom. The summed E-state index contributed by atoms with van der Waals surface area (Å²) in [5.41, 5.74) is -0.688. The van der Waals surface area contributed by atoms with Crippen LogP contribution in [0.5, 0.6) is 0 Å². The second kappa shape index (κ2) is 5.42. The van der Waals surface area contributed by atoms with E-state index in [9.17, 15) is 5.11 Å². The van der Waals surface area contributed by atoms with Gasteiger partial charge in [0.1, 0.15) is 16.7 Å². The van der Waals surface area contributed by atoms with Crippen molar-refractivity contribution in [3.63, 3.8) is 0 Å². The summed E-state index contributed by atoms with van der Waals surface area (Å²) in [7, 11) is 0. The Labute approximate surface area is 98.3 Å². The van der Waals surface area contributed by atoms with E-state index in [1.807, 2.05) is 6.92 Å². The highest BCUT2D eigenvalue weighted by Crippen LogP contribution is 2.14. The molecule has 0 radical (unpaired) electrons. The van der Waals surface area contributed by atoms with Crippen LogP contribution in [0.2, 0.25) is 0 Å². The molecule has 5 heteroatoms. The quantitative estimate of drug-likeness (QED) is 0.808. The highest BCUT2D eigenvalue weighted by molar-refractivity contribution is 9.10. The topological polar surface area (TPSA) is 58.0 Å². The highest BCUT2D eigenvalue weighted by atomic mass is 79.9. The molecule has 0 aliphatic heterocycles. The van der Waals surface area contributed by atoms with Crippen molar-refractivity contribution in [2.75, 3.05) is 11.9 Å². The molecule has 0 bridgehead atoms. The Balaban J connectivity index is 2.49. The van der Waals surface area contributed by atoms with Crippen molar-refractivity contribution >= 4 is 21.7 Å². The summed E-state index contributed by atoms with van der Waals surface area (Å²) in [6.07, 6.45) is 3.20. The Kier molecular flexibility index (Phi) is 4.47. The lowest BCUT2D eigenvalue weighted by molar-refractivity contribution is 0.0636. The summed E-state index contributed by atoms with van der Waals surface area (Å²) in [4.78, 5) is 7.96. The normalized spacial score (nSPS) is 14.7. The maximum atomic E-state index is 9.93. The third kappa shape index (κ3) is 4.57. The van der Waals surface area contributed by atoms with Crippen LogP contribution in [0.15, 0.2) is 17.0 Å². The zero-order valence-electron chi connectivity index (χ0n) is 9.00. The van der Waals surface area contributed by atoms with E-state index in [-0.39, 0.29) is 0 Å². The predicted octanol–water partition coefficient (Wildman–Crippen LogP) is 2.20. The van der Waals surface area contributed by atoms with Crippen LogP contribution < -0.4 is 5.32 Å². The Hall–Kier alpha value is -0.680. The summed E-state index contributed by atoms with van der Waals surface area (Å²) in [5.74, 6) is 0.716. The largest absolute Gasteiger partial charge is 0.388 e. The van der Waals surface area contributed by atoms with Gasteiger partial charge in [-0.1, -0.05) is 13.3 Å². The Bertz CT molecular complexity index is 317. The first-order valence-electron chi connectivity index (χ1n) is 4.97. The van der Waals surface area contributed by atoms with Crippen LogP contribution in [0.4, 0.5) is 5.82 Å². The highest BCUT2D eigenvalue weighted by Gasteiger charge is 2.18. The molecule has 0 aliphatic carbocycles. The van der Waals surface area contributed by atoms with Crippen LogP contribution >= 0.6 is 15.9 Å². The molecule has 1 heterocycles. The van der Waals surface area contributed by atoms with Crippen LogP contribution in [0.3, 0.4) is 0 Å². The van der Waals surface area contributed by atoms with Gasteiger partial charge < -0.3 is 10.4 Å². The summed E-state index contributed by atoms with van der Waals surface area (Å²) < 4.78 is 0.732. The van der Waals surface area contributed by atoms with E-state index in [4.69, 9.17) is 0 Å². The van der Waals surface area contributed by atoms with Gasteiger partial charge in [-0.05, 0) is 29.3 Å². The second-order valence-corrected chi connectivity index (χ2v) is 4.64. The zero-order valence-corrected chi connectivity index (χ0v) is 10.6. The van der Waals surface area contributed by atoms with Gasteiger partial charge in [-0.25, -0.2) is 9.97 Å². The molecule has 0 aromatic carbocycles. The molecular weight excluding hydrogens is 258 g/mol. The van der Waals surface area contributed by atoms with Crippen molar-refractivity contribution in [1.82, 2.24) is 9.97 Å². The SMILES string of the molecule is CCCC(C)(O)CNc1cc(Br)ncn1. The molecule has 0 spiro atoms. The molecule has 0 aliphatic rings. The predicted molar refractivity (Wildman–Crippen MR) is 63.8 cm³/mol. The summed E-state index contributed by atoms with van der Waals surface area (Å²) in [5, 5.41) is 13.0. The molecule has 1 unspecified atom stereocenters. The lowest BCUT2D eigenvalue weighted by Crippen LogP contribution is -2.33. The van der Waals surface area contributed by atoms with Gasteiger partial charge >= 0.3 is 0 Å². The fourth-order valence-electron chi connectivity index (χ4n) is 1.34. The van der Waals surface area contributed by atoms with Crippen molar-refractivity contribution in [2.45, 2.75) is 32.3 Å². The van der Waals surface area contributed by atoms with E-state index in [2.05, 4.69) is 38.1 Å². The van der Waals surface area contributed by atoms with E-state index < -0.39 is 5.60 Å². The van der Waals surface area contributed by atoms with Crippen molar-refractivity contribution < 1.29 is 5.11 Å². The molecule has 15 heavy (non-hydrogen) atoms. The zero-order chi connectivity index (χ0) is 11.3. The number of nitrogens with one attached hydrogen (secondary N) is 1. The minimum atomic E-state index is -0.688. The van der Waals surface area contributed by atoms with Gasteiger partial charge in [0.05, 0.1) is 5.60 Å². The average Bonchev–Trinajstić information content (AvgIpc) is 2.15. The third-order valence-electron chi connectivity index (χ3n) is 2.07.